The Balaban J connectivity index is 2.24. The van der Waals surface area contributed by atoms with Crippen LogP contribution in [0.5, 0.6) is 5.75 Å². The summed E-state index contributed by atoms with van der Waals surface area (Å²) in [5, 5.41) is 1.01. The number of ether oxygens (including phenoxy) is 1. The van der Waals surface area contributed by atoms with Gasteiger partial charge in [-0.1, -0.05) is 24.3 Å². The van der Waals surface area contributed by atoms with Gasteiger partial charge in [0, 0.05) is 6.07 Å². The van der Waals surface area contributed by atoms with E-state index >= 15 is 0 Å². The molecule has 0 aliphatic carbocycles. The summed E-state index contributed by atoms with van der Waals surface area (Å²) in [7, 11) is 0. The number of aryl methyl sites for hydroxylation is 1. The molecule has 0 atom stereocenters. The molecule has 20 heavy (non-hydrogen) atoms. The lowest BCUT2D eigenvalue weighted by atomic mass is 10.1. The highest BCUT2D eigenvalue weighted by Crippen LogP contribution is 2.33. The maximum absolute atomic E-state index is 6.04. The van der Waals surface area contributed by atoms with Gasteiger partial charge in [-0.05, 0) is 37.6 Å². The van der Waals surface area contributed by atoms with E-state index in [0.717, 1.165) is 28.0 Å². The van der Waals surface area contributed by atoms with Gasteiger partial charge in [0.15, 0.2) is 0 Å². The lowest BCUT2D eigenvalue weighted by molar-refractivity contribution is 0.342. The van der Waals surface area contributed by atoms with E-state index in [1.807, 2.05) is 55.5 Å². The zero-order chi connectivity index (χ0) is 13.9. The SMILES string of the molecule is CCOc1cc(-c2ccccc2)[o+]c2cc(C)ccc12. The van der Waals surface area contributed by atoms with E-state index in [1.165, 1.54) is 5.56 Å². The Morgan fingerprint density at radius 2 is 1.80 bits per heavy atom. The third-order valence-corrected chi connectivity index (χ3v) is 3.24. The molecule has 2 nitrogen and oxygen atoms in total. The maximum Gasteiger partial charge on any atom is 0.364 e. The van der Waals surface area contributed by atoms with Crippen molar-refractivity contribution in [3.05, 3.63) is 60.2 Å². The molecule has 2 heteroatoms. The summed E-state index contributed by atoms with van der Waals surface area (Å²) in [6.45, 7) is 4.69. The van der Waals surface area contributed by atoms with Crippen LogP contribution < -0.4 is 4.74 Å². The van der Waals surface area contributed by atoms with E-state index in [4.69, 9.17) is 9.15 Å². The highest BCUT2D eigenvalue weighted by Gasteiger charge is 2.19. The van der Waals surface area contributed by atoms with Gasteiger partial charge in [-0.15, -0.1) is 0 Å². The van der Waals surface area contributed by atoms with Crippen molar-refractivity contribution in [1.82, 2.24) is 0 Å². The first kappa shape index (κ1) is 12.7. The molecule has 100 valence electrons. The summed E-state index contributed by atoms with van der Waals surface area (Å²) in [6.07, 6.45) is 0. The molecule has 3 aromatic rings. The first-order valence-electron chi connectivity index (χ1n) is 6.83. The van der Waals surface area contributed by atoms with Gasteiger partial charge in [0.2, 0.25) is 0 Å². The molecule has 0 saturated heterocycles. The molecule has 0 aliphatic heterocycles. The molecule has 0 amide bonds. The molecule has 0 spiro atoms. The Labute approximate surface area is 118 Å². The van der Waals surface area contributed by atoms with Crippen LogP contribution in [0.1, 0.15) is 12.5 Å². The molecule has 0 radical (unpaired) electrons. The fourth-order valence-electron chi connectivity index (χ4n) is 2.28. The molecule has 1 aromatic heterocycles. The number of benzene rings is 2. The van der Waals surface area contributed by atoms with Crippen LogP contribution in [0.3, 0.4) is 0 Å². The zero-order valence-electron chi connectivity index (χ0n) is 11.7. The van der Waals surface area contributed by atoms with Crippen LogP contribution in [0.25, 0.3) is 22.3 Å². The summed E-state index contributed by atoms with van der Waals surface area (Å²) >= 11 is 0. The minimum Gasteiger partial charge on any atom is -0.493 e. The van der Waals surface area contributed by atoms with Crippen molar-refractivity contribution in [3.63, 3.8) is 0 Å². The highest BCUT2D eigenvalue weighted by atomic mass is 16.5. The third kappa shape index (κ3) is 2.37. The Hall–Kier alpha value is -2.35. The quantitative estimate of drug-likeness (QED) is 0.615. The van der Waals surface area contributed by atoms with Crippen LogP contribution in [0.15, 0.2) is 59.0 Å². The lowest BCUT2D eigenvalue weighted by Gasteiger charge is -2.04. The van der Waals surface area contributed by atoms with Crippen LogP contribution in [-0.2, 0) is 0 Å². The topological polar surface area (TPSA) is 20.5 Å². The van der Waals surface area contributed by atoms with Gasteiger partial charge in [-0.25, -0.2) is 4.42 Å². The number of hydrogen-bond donors (Lipinski definition) is 0. The molecular formula is C18H17O2+. The predicted octanol–water partition coefficient (Wildman–Crippen LogP) is 5.09. The van der Waals surface area contributed by atoms with Crippen LogP contribution in [-0.4, -0.2) is 6.61 Å². The first-order valence-corrected chi connectivity index (χ1v) is 6.83. The van der Waals surface area contributed by atoms with Gasteiger partial charge in [0.1, 0.15) is 11.1 Å². The summed E-state index contributed by atoms with van der Waals surface area (Å²) in [5.41, 5.74) is 3.08. The van der Waals surface area contributed by atoms with Gasteiger partial charge in [-0.3, -0.25) is 0 Å². The van der Waals surface area contributed by atoms with E-state index in [9.17, 15) is 0 Å². The van der Waals surface area contributed by atoms with E-state index in [1.54, 1.807) is 0 Å². The second-order valence-electron chi connectivity index (χ2n) is 4.77. The van der Waals surface area contributed by atoms with Crippen molar-refractivity contribution >= 4 is 11.0 Å². The highest BCUT2D eigenvalue weighted by molar-refractivity contribution is 5.86. The summed E-state index contributed by atoms with van der Waals surface area (Å²) in [5.74, 6) is 1.69. The monoisotopic (exact) mass is 265 g/mol. The van der Waals surface area contributed by atoms with Crippen LogP contribution in [0.4, 0.5) is 0 Å². The second kappa shape index (κ2) is 5.33. The Kier molecular flexibility index (Phi) is 3.38. The van der Waals surface area contributed by atoms with Gasteiger partial charge in [-0.2, -0.15) is 0 Å². The minimum atomic E-state index is 0.640. The van der Waals surface area contributed by atoms with Crippen molar-refractivity contribution in [2.45, 2.75) is 13.8 Å². The summed E-state index contributed by atoms with van der Waals surface area (Å²) in [4.78, 5) is 0. The minimum absolute atomic E-state index is 0.640. The standard InChI is InChI=1S/C18H17O2/c1-3-19-17-12-16(14-7-5-4-6-8-14)20-18-11-13(2)9-10-15(17)18/h4-12H,3H2,1-2H3/q+1. The van der Waals surface area contributed by atoms with Gasteiger partial charge in [0.05, 0.1) is 18.2 Å². The van der Waals surface area contributed by atoms with Crippen molar-refractivity contribution in [2.75, 3.05) is 6.61 Å². The molecule has 1 heterocycles. The predicted molar refractivity (Wildman–Crippen MR) is 82.0 cm³/mol. The van der Waals surface area contributed by atoms with Crippen molar-refractivity contribution in [3.8, 4) is 17.1 Å². The molecule has 0 N–H and O–H groups in total. The van der Waals surface area contributed by atoms with E-state index < -0.39 is 0 Å². The second-order valence-corrected chi connectivity index (χ2v) is 4.77. The number of rotatable bonds is 3. The molecule has 0 aliphatic rings. The van der Waals surface area contributed by atoms with Crippen molar-refractivity contribution in [1.29, 1.82) is 0 Å². The average Bonchev–Trinajstić information content (AvgIpc) is 2.48. The Morgan fingerprint density at radius 3 is 2.55 bits per heavy atom. The molecule has 0 bridgehead atoms. The first-order chi connectivity index (χ1) is 9.78. The fraction of sp³-hybridized carbons (Fsp3) is 0.167. The third-order valence-electron chi connectivity index (χ3n) is 3.24. The molecule has 0 unspecified atom stereocenters. The summed E-state index contributed by atoms with van der Waals surface area (Å²) in [6, 6.07) is 18.2. The van der Waals surface area contributed by atoms with Crippen LogP contribution >= 0.6 is 0 Å². The average molecular weight is 265 g/mol. The van der Waals surface area contributed by atoms with Gasteiger partial charge in [0.25, 0.3) is 0 Å². The van der Waals surface area contributed by atoms with Crippen molar-refractivity contribution in [2.24, 2.45) is 0 Å². The van der Waals surface area contributed by atoms with Crippen LogP contribution in [0, 0.1) is 6.92 Å². The van der Waals surface area contributed by atoms with E-state index in [-0.39, 0.29) is 0 Å². The van der Waals surface area contributed by atoms with Crippen LogP contribution in [0.2, 0.25) is 0 Å². The normalized spacial score (nSPS) is 10.7. The largest absolute Gasteiger partial charge is 0.493 e. The van der Waals surface area contributed by atoms with Crippen molar-refractivity contribution < 1.29 is 9.15 Å². The lowest BCUT2D eigenvalue weighted by Crippen LogP contribution is -1.93. The molecular weight excluding hydrogens is 248 g/mol. The number of hydrogen-bond acceptors (Lipinski definition) is 1. The van der Waals surface area contributed by atoms with E-state index in [0.29, 0.717) is 6.61 Å². The number of fused-ring (bicyclic) bond motifs is 1. The van der Waals surface area contributed by atoms with E-state index in [2.05, 4.69) is 13.0 Å². The molecule has 3 rings (SSSR count). The van der Waals surface area contributed by atoms with Gasteiger partial charge >= 0.3 is 11.3 Å². The Bertz CT molecular complexity index is 733. The zero-order valence-corrected chi connectivity index (χ0v) is 11.7. The maximum atomic E-state index is 6.04. The molecule has 0 fully saturated rings. The fourth-order valence-corrected chi connectivity index (χ4v) is 2.28. The summed E-state index contributed by atoms with van der Waals surface area (Å²) < 4.78 is 11.8. The van der Waals surface area contributed by atoms with Gasteiger partial charge < -0.3 is 4.74 Å². The smallest absolute Gasteiger partial charge is 0.364 e. The molecule has 0 saturated carbocycles. The molecule has 2 aromatic carbocycles. The Morgan fingerprint density at radius 1 is 1.00 bits per heavy atom.